The van der Waals surface area contributed by atoms with E-state index in [0.717, 1.165) is 44.5 Å². The molecule has 1 aliphatic heterocycles. The Kier molecular flexibility index (Phi) is 6.41. The van der Waals surface area contributed by atoms with Gasteiger partial charge in [0.1, 0.15) is 5.75 Å². The highest BCUT2D eigenvalue weighted by Gasteiger charge is 2.30. The van der Waals surface area contributed by atoms with Gasteiger partial charge in [-0.05, 0) is 61.7 Å². The first-order valence-electron chi connectivity index (χ1n) is 9.32. The van der Waals surface area contributed by atoms with Crippen molar-refractivity contribution < 1.29 is 27.5 Å². The van der Waals surface area contributed by atoms with Gasteiger partial charge in [0.25, 0.3) is 11.8 Å². The second-order valence-electron chi connectivity index (χ2n) is 6.79. The number of piperidine rings is 1. The Morgan fingerprint density at radius 2 is 1.69 bits per heavy atom. The lowest BCUT2D eigenvalue weighted by molar-refractivity contribution is -0.137. The lowest BCUT2D eigenvalue weighted by atomic mass is 10.1. The molecule has 2 amide bonds. The fourth-order valence-electron chi connectivity index (χ4n) is 3.08. The summed E-state index contributed by atoms with van der Waals surface area (Å²) in [5.74, 6) is -0.592. The van der Waals surface area contributed by atoms with Gasteiger partial charge in [0.05, 0.1) is 5.56 Å². The molecule has 0 atom stereocenters. The van der Waals surface area contributed by atoms with E-state index >= 15 is 0 Å². The number of likely N-dealkylation sites (tertiary alicyclic amines) is 1. The van der Waals surface area contributed by atoms with Crippen molar-refractivity contribution in [2.75, 3.05) is 25.0 Å². The smallest absolute Gasteiger partial charge is 0.416 e. The highest BCUT2D eigenvalue weighted by Crippen LogP contribution is 2.31. The summed E-state index contributed by atoms with van der Waals surface area (Å²) in [5.41, 5.74) is 0.173. The molecule has 3 rings (SSSR count). The van der Waals surface area contributed by atoms with E-state index in [0.29, 0.717) is 11.3 Å². The monoisotopic (exact) mass is 406 g/mol. The summed E-state index contributed by atoms with van der Waals surface area (Å²) in [6.45, 7) is 1.07. The minimum atomic E-state index is -4.48. The maximum absolute atomic E-state index is 12.7. The molecule has 1 N–H and O–H groups in total. The SMILES string of the molecule is O=C(COc1cccc(C(F)(F)F)c1)Nc1ccc(C(=O)N2CCCCC2)cc1. The number of nitrogens with zero attached hydrogens (tertiary/aromatic N) is 1. The second kappa shape index (κ2) is 8.98. The average Bonchev–Trinajstić information content (AvgIpc) is 2.72. The predicted molar refractivity (Wildman–Crippen MR) is 102 cm³/mol. The van der Waals surface area contributed by atoms with Crippen LogP contribution in [0.15, 0.2) is 48.5 Å². The van der Waals surface area contributed by atoms with Gasteiger partial charge in [-0.1, -0.05) is 6.07 Å². The summed E-state index contributed by atoms with van der Waals surface area (Å²) in [6.07, 6.45) is -1.33. The number of alkyl halides is 3. The van der Waals surface area contributed by atoms with Crippen LogP contribution in [0.5, 0.6) is 5.75 Å². The van der Waals surface area contributed by atoms with E-state index in [4.69, 9.17) is 4.74 Å². The summed E-state index contributed by atoms with van der Waals surface area (Å²) in [6, 6.07) is 10.8. The lowest BCUT2D eigenvalue weighted by Gasteiger charge is -2.26. The molecule has 0 aliphatic carbocycles. The molecule has 1 aliphatic rings. The number of rotatable bonds is 5. The fourth-order valence-corrected chi connectivity index (χ4v) is 3.08. The first-order valence-corrected chi connectivity index (χ1v) is 9.32. The van der Waals surface area contributed by atoms with Crippen LogP contribution < -0.4 is 10.1 Å². The number of ether oxygens (including phenoxy) is 1. The van der Waals surface area contributed by atoms with E-state index in [-0.39, 0.29) is 11.7 Å². The third-order valence-electron chi connectivity index (χ3n) is 4.59. The van der Waals surface area contributed by atoms with Crippen molar-refractivity contribution >= 4 is 17.5 Å². The number of carbonyl (C=O) groups excluding carboxylic acids is 2. The van der Waals surface area contributed by atoms with Crippen molar-refractivity contribution in [3.8, 4) is 5.75 Å². The van der Waals surface area contributed by atoms with Crippen LogP contribution in [0.3, 0.4) is 0 Å². The molecule has 5 nitrogen and oxygen atoms in total. The van der Waals surface area contributed by atoms with E-state index in [9.17, 15) is 22.8 Å². The zero-order valence-corrected chi connectivity index (χ0v) is 15.7. The number of nitrogens with one attached hydrogen (secondary N) is 1. The fraction of sp³-hybridized carbons (Fsp3) is 0.333. The Hall–Kier alpha value is -3.03. The molecule has 1 saturated heterocycles. The van der Waals surface area contributed by atoms with Gasteiger partial charge in [0.2, 0.25) is 0 Å². The van der Waals surface area contributed by atoms with Gasteiger partial charge in [-0.15, -0.1) is 0 Å². The quantitative estimate of drug-likeness (QED) is 0.803. The van der Waals surface area contributed by atoms with Gasteiger partial charge >= 0.3 is 6.18 Å². The standard InChI is InChI=1S/C21H21F3N2O3/c22-21(23,24)16-5-4-6-18(13-16)29-14-19(27)25-17-9-7-15(8-10-17)20(28)26-11-2-1-3-12-26/h4-10,13H,1-3,11-12,14H2,(H,25,27). The molecule has 154 valence electrons. The Balaban J connectivity index is 1.52. The number of anilines is 1. The first-order chi connectivity index (χ1) is 13.8. The maximum atomic E-state index is 12.7. The highest BCUT2D eigenvalue weighted by atomic mass is 19.4. The Morgan fingerprint density at radius 1 is 1.00 bits per heavy atom. The highest BCUT2D eigenvalue weighted by molar-refractivity contribution is 5.96. The number of hydrogen-bond donors (Lipinski definition) is 1. The maximum Gasteiger partial charge on any atom is 0.416 e. The first kappa shape index (κ1) is 20.7. The molecule has 0 spiro atoms. The second-order valence-corrected chi connectivity index (χ2v) is 6.79. The van der Waals surface area contributed by atoms with Gasteiger partial charge in [0.15, 0.2) is 6.61 Å². The van der Waals surface area contributed by atoms with Crippen LogP contribution in [0.1, 0.15) is 35.2 Å². The number of amides is 2. The summed E-state index contributed by atoms with van der Waals surface area (Å²) in [4.78, 5) is 26.2. The third kappa shape index (κ3) is 5.73. The lowest BCUT2D eigenvalue weighted by Crippen LogP contribution is -2.35. The summed E-state index contributed by atoms with van der Waals surface area (Å²) >= 11 is 0. The molecule has 0 saturated carbocycles. The molecule has 2 aromatic rings. The predicted octanol–water partition coefficient (Wildman–Crippen LogP) is 4.35. The van der Waals surface area contributed by atoms with Crippen molar-refractivity contribution in [2.45, 2.75) is 25.4 Å². The topological polar surface area (TPSA) is 58.6 Å². The van der Waals surface area contributed by atoms with Crippen LogP contribution in [0.25, 0.3) is 0 Å². The molecular formula is C21H21F3N2O3. The molecule has 0 bridgehead atoms. The minimum Gasteiger partial charge on any atom is -0.484 e. The third-order valence-corrected chi connectivity index (χ3v) is 4.59. The average molecular weight is 406 g/mol. The van der Waals surface area contributed by atoms with Gasteiger partial charge in [-0.2, -0.15) is 13.2 Å². The van der Waals surface area contributed by atoms with Gasteiger partial charge in [-0.25, -0.2) is 0 Å². The summed E-state index contributed by atoms with van der Waals surface area (Å²) in [7, 11) is 0. The van der Waals surface area contributed by atoms with Crippen molar-refractivity contribution in [2.24, 2.45) is 0 Å². The van der Waals surface area contributed by atoms with Crippen LogP contribution in [-0.2, 0) is 11.0 Å². The summed E-state index contributed by atoms with van der Waals surface area (Å²) in [5, 5.41) is 2.59. The van der Waals surface area contributed by atoms with E-state index in [2.05, 4.69) is 5.32 Å². The molecule has 2 aromatic carbocycles. The number of halogens is 3. The van der Waals surface area contributed by atoms with Crippen molar-refractivity contribution in [1.82, 2.24) is 4.90 Å². The molecule has 1 heterocycles. The zero-order valence-electron chi connectivity index (χ0n) is 15.7. The Morgan fingerprint density at radius 3 is 2.34 bits per heavy atom. The van der Waals surface area contributed by atoms with E-state index < -0.39 is 24.3 Å². The molecule has 0 radical (unpaired) electrons. The summed E-state index contributed by atoms with van der Waals surface area (Å²) < 4.78 is 43.2. The van der Waals surface area contributed by atoms with Gasteiger partial charge in [0, 0.05) is 24.3 Å². The largest absolute Gasteiger partial charge is 0.484 e. The van der Waals surface area contributed by atoms with Gasteiger partial charge < -0.3 is 15.0 Å². The molecule has 0 aromatic heterocycles. The van der Waals surface area contributed by atoms with Crippen molar-refractivity contribution in [1.29, 1.82) is 0 Å². The van der Waals surface area contributed by atoms with Gasteiger partial charge in [-0.3, -0.25) is 9.59 Å². The Labute approximate surface area is 166 Å². The number of carbonyl (C=O) groups is 2. The van der Waals surface area contributed by atoms with Crippen LogP contribution in [0.4, 0.5) is 18.9 Å². The van der Waals surface area contributed by atoms with Crippen molar-refractivity contribution in [3.05, 3.63) is 59.7 Å². The van der Waals surface area contributed by atoms with Crippen LogP contribution in [0, 0.1) is 0 Å². The van der Waals surface area contributed by atoms with Crippen molar-refractivity contribution in [3.63, 3.8) is 0 Å². The van der Waals surface area contributed by atoms with E-state index in [1.807, 2.05) is 4.90 Å². The molecule has 29 heavy (non-hydrogen) atoms. The molecule has 0 unspecified atom stereocenters. The van der Waals surface area contributed by atoms with Crippen LogP contribution in [-0.4, -0.2) is 36.4 Å². The number of hydrogen-bond acceptors (Lipinski definition) is 3. The van der Waals surface area contributed by atoms with E-state index in [1.165, 1.54) is 12.1 Å². The normalized spacial score (nSPS) is 14.4. The van der Waals surface area contributed by atoms with E-state index in [1.54, 1.807) is 24.3 Å². The number of benzene rings is 2. The molecule has 1 fully saturated rings. The molecular weight excluding hydrogens is 385 g/mol. The van der Waals surface area contributed by atoms with Crippen LogP contribution in [0.2, 0.25) is 0 Å². The van der Waals surface area contributed by atoms with Crippen LogP contribution >= 0.6 is 0 Å². The Bertz CT molecular complexity index is 860. The minimum absolute atomic E-state index is 0.0320. The molecule has 8 heteroatoms. The zero-order chi connectivity index (χ0) is 20.9.